The molecule has 3 heteroatoms. The summed E-state index contributed by atoms with van der Waals surface area (Å²) in [6.45, 7) is 7.46. The third kappa shape index (κ3) is 4.97. The van der Waals surface area contributed by atoms with Gasteiger partial charge in [-0.15, -0.1) is 0 Å². The highest BCUT2D eigenvalue weighted by atomic mass is 16.1. The third-order valence-electron chi connectivity index (χ3n) is 4.10. The van der Waals surface area contributed by atoms with Gasteiger partial charge in [0.1, 0.15) is 0 Å². The van der Waals surface area contributed by atoms with Crippen LogP contribution in [0.5, 0.6) is 0 Å². The molecular formula is C15H30N2O. The lowest BCUT2D eigenvalue weighted by molar-refractivity contribution is -0.125. The molecule has 0 radical (unpaired) electrons. The molecule has 1 saturated carbocycles. The summed E-state index contributed by atoms with van der Waals surface area (Å²) in [5, 5.41) is 3.10. The fourth-order valence-electron chi connectivity index (χ4n) is 2.71. The van der Waals surface area contributed by atoms with Gasteiger partial charge in [-0.3, -0.25) is 4.79 Å². The van der Waals surface area contributed by atoms with E-state index in [2.05, 4.69) is 26.1 Å². The molecule has 0 bridgehead atoms. The van der Waals surface area contributed by atoms with E-state index >= 15 is 0 Å². The molecule has 3 N–H and O–H groups in total. The maximum absolute atomic E-state index is 12.0. The number of unbranched alkanes of at least 4 members (excludes halogenated alkanes) is 2. The standard InChI is InChI=1S/C15H30N2O/c1-4-5-6-10-15(2,3)11-17-14(18)12-8-7-9-13(12)16/h12-13H,4-11,16H2,1-3H3,(H,17,18). The van der Waals surface area contributed by atoms with Gasteiger partial charge in [0.15, 0.2) is 0 Å². The molecule has 1 amide bonds. The van der Waals surface area contributed by atoms with Gasteiger partial charge in [-0.1, -0.05) is 46.5 Å². The highest BCUT2D eigenvalue weighted by molar-refractivity contribution is 5.79. The molecule has 1 aliphatic carbocycles. The van der Waals surface area contributed by atoms with Crippen molar-refractivity contribution in [1.29, 1.82) is 0 Å². The summed E-state index contributed by atoms with van der Waals surface area (Å²) in [5.41, 5.74) is 6.16. The molecule has 2 atom stereocenters. The van der Waals surface area contributed by atoms with Crippen LogP contribution in [0.2, 0.25) is 0 Å². The van der Waals surface area contributed by atoms with Crippen molar-refractivity contribution in [2.45, 2.75) is 71.8 Å². The van der Waals surface area contributed by atoms with E-state index in [0.29, 0.717) is 0 Å². The predicted molar refractivity (Wildman–Crippen MR) is 76.2 cm³/mol. The van der Waals surface area contributed by atoms with Crippen LogP contribution in [0.25, 0.3) is 0 Å². The summed E-state index contributed by atoms with van der Waals surface area (Å²) in [7, 11) is 0. The largest absolute Gasteiger partial charge is 0.355 e. The Kier molecular flexibility index (Phi) is 6.13. The molecule has 2 unspecified atom stereocenters. The summed E-state index contributed by atoms with van der Waals surface area (Å²) < 4.78 is 0. The summed E-state index contributed by atoms with van der Waals surface area (Å²) in [6, 6.07) is 0.0770. The lowest BCUT2D eigenvalue weighted by Crippen LogP contribution is -2.42. The summed E-state index contributed by atoms with van der Waals surface area (Å²) >= 11 is 0. The minimum atomic E-state index is 0.0523. The number of nitrogens with two attached hydrogens (primary N) is 1. The molecular weight excluding hydrogens is 224 g/mol. The van der Waals surface area contributed by atoms with Gasteiger partial charge in [-0.05, 0) is 24.7 Å². The molecule has 0 aliphatic heterocycles. The molecule has 1 aliphatic rings. The topological polar surface area (TPSA) is 55.1 Å². The van der Waals surface area contributed by atoms with Crippen LogP contribution in [0, 0.1) is 11.3 Å². The van der Waals surface area contributed by atoms with Gasteiger partial charge >= 0.3 is 0 Å². The Morgan fingerprint density at radius 2 is 2.06 bits per heavy atom. The van der Waals surface area contributed by atoms with Crippen LogP contribution in [0.15, 0.2) is 0 Å². The lowest BCUT2D eigenvalue weighted by atomic mass is 9.86. The zero-order valence-electron chi connectivity index (χ0n) is 12.3. The van der Waals surface area contributed by atoms with Gasteiger partial charge in [0, 0.05) is 12.6 Å². The van der Waals surface area contributed by atoms with E-state index in [-0.39, 0.29) is 23.3 Å². The number of rotatable bonds is 7. The predicted octanol–water partition coefficient (Wildman–Crippen LogP) is 2.84. The first kappa shape index (κ1) is 15.5. The van der Waals surface area contributed by atoms with Crippen molar-refractivity contribution in [3.8, 4) is 0 Å². The molecule has 18 heavy (non-hydrogen) atoms. The second kappa shape index (κ2) is 7.13. The van der Waals surface area contributed by atoms with E-state index in [1.807, 2.05) is 0 Å². The summed E-state index contributed by atoms with van der Waals surface area (Å²) in [5.74, 6) is 0.222. The SMILES string of the molecule is CCCCCC(C)(C)CNC(=O)C1CCCC1N. The number of carbonyl (C=O) groups excluding carboxylic acids is 1. The Morgan fingerprint density at radius 1 is 1.33 bits per heavy atom. The van der Waals surface area contributed by atoms with E-state index in [4.69, 9.17) is 5.73 Å². The zero-order valence-corrected chi connectivity index (χ0v) is 12.3. The normalized spacial score (nSPS) is 24.2. The lowest BCUT2D eigenvalue weighted by Gasteiger charge is -2.26. The second-order valence-corrected chi connectivity index (χ2v) is 6.54. The molecule has 1 fully saturated rings. The summed E-state index contributed by atoms with van der Waals surface area (Å²) in [4.78, 5) is 12.0. The Labute approximate surface area is 112 Å². The number of nitrogens with one attached hydrogen (secondary N) is 1. The quantitative estimate of drug-likeness (QED) is 0.686. The van der Waals surface area contributed by atoms with E-state index in [1.165, 1.54) is 25.7 Å². The van der Waals surface area contributed by atoms with Gasteiger partial charge < -0.3 is 11.1 Å². The van der Waals surface area contributed by atoms with E-state index < -0.39 is 0 Å². The fourth-order valence-corrected chi connectivity index (χ4v) is 2.71. The van der Waals surface area contributed by atoms with Crippen molar-refractivity contribution in [3.63, 3.8) is 0 Å². The van der Waals surface area contributed by atoms with E-state index in [1.54, 1.807) is 0 Å². The van der Waals surface area contributed by atoms with Crippen LogP contribution in [-0.4, -0.2) is 18.5 Å². The number of hydrogen-bond donors (Lipinski definition) is 2. The monoisotopic (exact) mass is 254 g/mol. The van der Waals surface area contributed by atoms with Crippen molar-refractivity contribution >= 4 is 5.91 Å². The molecule has 0 aromatic heterocycles. The molecule has 0 heterocycles. The molecule has 0 saturated heterocycles. The first-order valence-corrected chi connectivity index (χ1v) is 7.49. The smallest absolute Gasteiger partial charge is 0.224 e. The van der Waals surface area contributed by atoms with E-state index in [9.17, 15) is 4.79 Å². The maximum atomic E-state index is 12.0. The molecule has 0 spiro atoms. The van der Waals surface area contributed by atoms with Gasteiger partial charge in [0.2, 0.25) is 5.91 Å². The van der Waals surface area contributed by atoms with Crippen LogP contribution in [0.1, 0.15) is 65.7 Å². The van der Waals surface area contributed by atoms with Crippen LogP contribution < -0.4 is 11.1 Å². The number of carbonyl (C=O) groups is 1. The fraction of sp³-hybridized carbons (Fsp3) is 0.933. The van der Waals surface area contributed by atoms with Crippen molar-refractivity contribution in [2.24, 2.45) is 17.1 Å². The number of hydrogen-bond acceptors (Lipinski definition) is 2. The molecule has 1 rings (SSSR count). The minimum absolute atomic E-state index is 0.0523. The third-order valence-corrected chi connectivity index (χ3v) is 4.10. The Balaban J connectivity index is 2.28. The molecule has 3 nitrogen and oxygen atoms in total. The summed E-state index contributed by atoms with van der Waals surface area (Å²) in [6.07, 6.45) is 8.02. The van der Waals surface area contributed by atoms with Gasteiger partial charge in [-0.2, -0.15) is 0 Å². The van der Waals surface area contributed by atoms with Gasteiger partial charge in [-0.25, -0.2) is 0 Å². The zero-order chi connectivity index (χ0) is 13.6. The van der Waals surface area contributed by atoms with Crippen molar-refractivity contribution in [1.82, 2.24) is 5.32 Å². The van der Waals surface area contributed by atoms with Crippen molar-refractivity contribution in [3.05, 3.63) is 0 Å². The Morgan fingerprint density at radius 3 is 2.61 bits per heavy atom. The van der Waals surface area contributed by atoms with Crippen molar-refractivity contribution < 1.29 is 4.79 Å². The highest BCUT2D eigenvalue weighted by Crippen LogP contribution is 2.26. The first-order chi connectivity index (χ1) is 8.46. The van der Waals surface area contributed by atoms with Crippen LogP contribution in [0.3, 0.4) is 0 Å². The van der Waals surface area contributed by atoms with Gasteiger partial charge in [0.05, 0.1) is 5.92 Å². The van der Waals surface area contributed by atoms with Crippen LogP contribution in [-0.2, 0) is 4.79 Å². The Hall–Kier alpha value is -0.570. The average Bonchev–Trinajstić information content (AvgIpc) is 2.73. The maximum Gasteiger partial charge on any atom is 0.224 e. The van der Waals surface area contributed by atoms with Gasteiger partial charge in [0.25, 0.3) is 0 Å². The van der Waals surface area contributed by atoms with Crippen LogP contribution in [0.4, 0.5) is 0 Å². The minimum Gasteiger partial charge on any atom is -0.355 e. The second-order valence-electron chi connectivity index (χ2n) is 6.54. The van der Waals surface area contributed by atoms with Crippen LogP contribution >= 0.6 is 0 Å². The highest BCUT2D eigenvalue weighted by Gasteiger charge is 2.30. The first-order valence-electron chi connectivity index (χ1n) is 7.49. The van der Waals surface area contributed by atoms with Crippen molar-refractivity contribution in [2.75, 3.05) is 6.54 Å². The van der Waals surface area contributed by atoms with E-state index in [0.717, 1.165) is 25.8 Å². The number of amides is 1. The molecule has 106 valence electrons. The molecule has 0 aromatic rings. The average molecular weight is 254 g/mol. The Bertz CT molecular complexity index is 263. The molecule has 0 aromatic carbocycles.